The summed E-state index contributed by atoms with van der Waals surface area (Å²) < 4.78 is 42.5. The van der Waals surface area contributed by atoms with E-state index in [-0.39, 0.29) is 6.42 Å². The Kier molecular flexibility index (Phi) is 3.21. The van der Waals surface area contributed by atoms with Crippen molar-refractivity contribution in [3.8, 4) is 0 Å². The van der Waals surface area contributed by atoms with E-state index in [9.17, 15) is 13.0 Å². The zero-order valence-corrected chi connectivity index (χ0v) is 13.2. The first-order chi connectivity index (χ1) is 10.9. The Morgan fingerprint density at radius 3 is 3.00 bits per heavy atom. The molecule has 2 atom stereocenters. The summed E-state index contributed by atoms with van der Waals surface area (Å²) in [6.45, 7) is 0. The number of H-pyrrole nitrogens is 1. The van der Waals surface area contributed by atoms with Crippen molar-refractivity contribution in [2.24, 2.45) is 0 Å². The molecule has 0 saturated heterocycles. The quantitative estimate of drug-likeness (QED) is 0.748. The Hall–Kier alpha value is -1.93. The topological polar surface area (TPSA) is 62.7 Å². The minimum absolute atomic E-state index is 0.208. The van der Waals surface area contributed by atoms with Crippen LogP contribution in [0.15, 0.2) is 41.7 Å². The van der Waals surface area contributed by atoms with Crippen molar-refractivity contribution in [1.82, 2.24) is 14.8 Å². The predicted molar refractivity (Wildman–Crippen MR) is 84.2 cm³/mol. The van der Waals surface area contributed by atoms with Gasteiger partial charge in [0.1, 0.15) is 6.04 Å². The maximum atomic E-state index is 13.0. The van der Waals surface area contributed by atoms with Crippen molar-refractivity contribution in [3.05, 3.63) is 41.8 Å². The molecule has 1 fully saturated rings. The maximum Gasteiger partial charge on any atom is 0.272 e. The van der Waals surface area contributed by atoms with Gasteiger partial charge in [0.2, 0.25) is 0 Å². The number of aromatic nitrogens is 3. The molecule has 0 radical (unpaired) electrons. The number of benzene rings is 1. The standard InChI is InChI=1S/C14H11ClF2N4OS/c15-8-1-2-10-11(3-8)18-6-12(10)23(22)20-9-5-19-21(7-9)13-4-14(13,16)17/h1-3,5-7,13,18,20H,4H2. The first-order valence-electron chi connectivity index (χ1n) is 6.81. The molecule has 2 unspecified atom stereocenters. The molecule has 0 bridgehead atoms. The lowest BCUT2D eigenvalue weighted by Crippen LogP contribution is -2.04. The van der Waals surface area contributed by atoms with Gasteiger partial charge in [-0.2, -0.15) is 5.10 Å². The molecule has 0 aliphatic heterocycles. The van der Waals surface area contributed by atoms with E-state index in [1.807, 2.05) is 0 Å². The third-order valence-electron chi connectivity index (χ3n) is 3.73. The Labute approximate surface area is 137 Å². The van der Waals surface area contributed by atoms with Crippen LogP contribution in [-0.4, -0.2) is 24.9 Å². The molecule has 4 rings (SSSR count). The molecule has 2 heterocycles. The van der Waals surface area contributed by atoms with Gasteiger partial charge >= 0.3 is 0 Å². The molecular formula is C14H11ClF2N4OS. The molecular weight excluding hydrogens is 346 g/mol. The molecule has 0 spiro atoms. The monoisotopic (exact) mass is 356 g/mol. The second-order valence-electron chi connectivity index (χ2n) is 5.40. The highest BCUT2D eigenvalue weighted by Gasteiger charge is 2.59. The number of alkyl halides is 2. The highest BCUT2D eigenvalue weighted by molar-refractivity contribution is 7.86. The summed E-state index contributed by atoms with van der Waals surface area (Å²) in [6.07, 6.45) is 4.25. The molecule has 23 heavy (non-hydrogen) atoms. The van der Waals surface area contributed by atoms with E-state index in [2.05, 4.69) is 14.8 Å². The first-order valence-corrected chi connectivity index (χ1v) is 8.34. The number of hydrogen-bond donors (Lipinski definition) is 2. The van der Waals surface area contributed by atoms with Crippen molar-refractivity contribution in [2.45, 2.75) is 23.3 Å². The molecule has 0 amide bonds. The van der Waals surface area contributed by atoms with E-state index in [1.165, 1.54) is 17.1 Å². The highest BCUT2D eigenvalue weighted by atomic mass is 35.5. The fourth-order valence-corrected chi connectivity index (χ4v) is 3.58. The second-order valence-corrected chi connectivity index (χ2v) is 7.02. The first kappa shape index (κ1) is 14.6. The van der Waals surface area contributed by atoms with Crippen LogP contribution in [0.4, 0.5) is 14.5 Å². The van der Waals surface area contributed by atoms with Gasteiger partial charge in [0, 0.05) is 34.7 Å². The Morgan fingerprint density at radius 1 is 1.48 bits per heavy atom. The smallest absolute Gasteiger partial charge is 0.272 e. The van der Waals surface area contributed by atoms with Gasteiger partial charge in [-0.15, -0.1) is 0 Å². The van der Waals surface area contributed by atoms with Crippen LogP contribution < -0.4 is 4.72 Å². The summed E-state index contributed by atoms with van der Waals surface area (Å²) in [4.78, 5) is 3.56. The van der Waals surface area contributed by atoms with E-state index in [4.69, 9.17) is 11.6 Å². The number of nitrogens with one attached hydrogen (secondary N) is 2. The highest BCUT2D eigenvalue weighted by Crippen LogP contribution is 2.52. The van der Waals surface area contributed by atoms with Gasteiger partial charge in [0.25, 0.3) is 5.92 Å². The van der Waals surface area contributed by atoms with Crippen molar-refractivity contribution in [2.75, 3.05) is 4.72 Å². The molecule has 1 aliphatic rings. The average molecular weight is 357 g/mol. The van der Waals surface area contributed by atoms with Gasteiger partial charge in [-0.05, 0) is 12.1 Å². The largest absolute Gasteiger partial charge is 0.360 e. The molecule has 2 aromatic heterocycles. The number of nitrogens with zero attached hydrogens (tertiary/aromatic N) is 2. The number of anilines is 1. The van der Waals surface area contributed by atoms with Crippen LogP contribution in [0.1, 0.15) is 12.5 Å². The molecule has 120 valence electrons. The van der Waals surface area contributed by atoms with Crippen molar-refractivity contribution in [3.63, 3.8) is 0 Å². The van der Waals surface area contributed by atoms with Crippen LogP contribution >= 0.6 is 11.6 Å². The fourth-order valence-electron chi connectivity index (χ4n) is 2.43. The van der Waals surface area contributed by atoms with Gasteiger partial charge in [-0.25, -0.2) is 13.0 Å². The Morgan fingerprint density at radius 2 is 2.26 bits per heavy atom. The summed E-state index contributed by atoms with van der Waals surface area (Å²) in [6, 6.07) is 4.33. The van der Waals surface area contributed by atoms with Crippen LogP contribution in [0.2, 0.25) is 5.02 Å². The molecule has 3 aromatic rings. The fraction of sp³-hybridized carbons (Fsp3) is 0.214. The molecule has 1 saturated carbocycles. The number of aromatic amines is 1. The van der Waals surface area contributed by atoms with Gasteiger partial charge in [0.15, 0.2) is 11.0 Å². The van der Waals surface area contributed by atoms with Crippen molar-refractivity contribution < 1.29 is 13.0 Å². The second kappa shape index (κ2) is 5.04. The van der Waals surface area contributed by atoms with E-state index in [1.54, 1.807) is 24.4 Å². The van der Waals surface area contributed by atoms with Crippen LogP contribution in [0.25, 0.3) is 10.9 Å². The van der Waals surface area contributed by atoms with E-state index in [0.717, 1.165) is 10.9 Å². The predicted octanol–water partition coefficient (Wildman–Crippen LogP) is 3.73. The van der Waals surface area contributed by atoms with E-state index in [0.29, 0.717) is 15.6 Å². The molecule has 9 heteroatoms. The van der Waals surface area contributed by atoms with Gasteiger partial charge in [-0.1, -0.05) is 17.7 Å². The van der Waals surface area contributed by atoms with Crippen LogP contribution in [-0.2, 0) is 11.0 Å². The lowest BCUT2D eigenvalue weighted by Gasteiger charge is -2.02. The molecule has 1 aromatic carbocycles. The lowest BCUT2D eigenvalue weighted by atomic mass is 10.2. The van der Waals surface area contributed by atoms with Crippen LogP contribution in [0.3, 0.4) is 0 Å². The zero-order valence-electron chi connectivity index (χ0n) is 11.6. The molecule has 2 N–H and O–H groups in total. The number of halogens is 3. The number of fused-ring (bicyclic) bond motifs is 1. The maximum absolute atomic E-state index is 13.0. The lowest BCUT2D eigenvalue weighted by molar-refractivity contribution is 0.0983. The third-order valence-corrected chi connectivity index (χ3v) is 5.12. The van der Waals surface area contributed by atoms with E-state index >= 15 is 0 Å². The van der Waals surface area contributed by atoms with Gasteiger partial charge < -0.3 is 4.98 Å². The number of hydrogen-bond acceptors (Lipinski definition) is 2. The normalized spacial score (nSPS) is 20.6. The Balaban J connectivity index is 1.55. The summed E-state index contributed by atoms with van der Waals surface area (Å²) in [5, 5.41) is 5.26. The molecule has 1 aliphatic carbocycles. The van der Waals surface area contributed by atoms with Gasteiger partial charge in [-0.3, -0.25) is 9.40 Å². The third kappa shape index (κ3) is 2.61. The minimum Gasteiger partial charge on any atom is -0.360 e. The van der Waals surface area contributed by atoms with Crippen LogP contribution in [0, 0.1) is 0 Å². The minimum atomic E-state index is -2.70. The molecule has 5 nitrogen and oxygen atoms in total. The summed E-state index contributed by atoms with van der Waals surface area (Å²) in [5.41, 5.74) is 1.20. The SMILES string of the molecule is O=S(Nc1cnn(C2CC2(F)F)c1)c1c[nH]c2cc(Cl)ccc12. The van der Waals surface area contributed by atoms with Gasteiger partial charge in [0.05, 0.1) is 16.8 Å². The average Bonchev–Trinajstić information content (AvgIpc) is 2.88. The summed E-state index contributed by atoms with van der Waals surface area (Å²) in [7, 11) is -1.55. The summed E-state index contributed by atoms with van der Waals surface area (Å²) in [5.74, 6) is -2.70. The number of rotatable bonds is 4. The van der Waals surface area contributed by atoms with Crippen LogP contribution in [0.5, 0.6) is 0 Å². The van der Waals surface area contributed by atoms with Crippen molar-refractivity contribution >= 4 is 39.2 Å². The van der Waals surface area contributed by atoms with E-state index < -0.39 is 22.9 Å². The van der Waals surface area contributed by atoms with Crippen molar-refractivity contribution in [1.29, 1.82) is 0 Å². The summed E-state index contributed by atoms with van der Waals surface area (Å²) >= 11 is 5.91. The Bertz CT molecular complexity index is 923. The zero-order chi connectivity index (χ0) is 16.2.